The van der Waals surface area contributed by atoms with E-state index in [2.05, 4.69) is 15.7 Å². The molecule has 7 heteroatoms. The highest BCUT2D eigenvalue weighted by molar-refractivity contribution is 6.00. The van der Waals surface area contributed by atoms with Gasteiger partial charge in [-0.05, 0) is 12.1 Å². The molecule has 2 aromatic rings. The number of carbonyl (C=O) groups is 1. The Hall–Kier alpha value is -3.01. The smallest absolute Gasteiger partial charge is 0.324 e. The molecule has 1 heterocycles. The number of urea groups is 1. The number of carbonyl (C=O) groups excluding carboxylic acids is 1. The lowest BCUT2D eigenvalue weighted by Gasteiger charge is -2.11. The van der Waals surface area contributed by atoms with E-state index in [0.29, 0.717) is 22.8 Å². The van der Waals surface area contributed by atoms with Crippen LogP contribution in [0.2, 0.25) is 0 Å². The molecule has 0 bridgehead atoms. The summed E-state index contributed by atoms with van der Waals surface area (Å²) in [6, 6.07) is 8.52. The zero-order valence-electron chi connectivity index (χ0n) is 11.0. The Morgan fingerprint density at radius 1 is 1.40 bits per heavy atom. The molecule has 0 saturated heterocycles. The molecule has 20 heavy (non-hydrogen) atoms. The second-order valence-corrected chi connectivity index (χ2v) is 3.92. The number of ether oxygens (including phenoxy) is 1. The van der Waals surface area contributed by atoms with Gasteiger partial charge < -0.3 is 10.1 Å². The van der Waals surface area contributed by atoms with Crippen LogP contribution in [-0.2, 0) is 7.05 Å². The molecule has 102 valence electrons. The van der Waals surface area contributed by atoms with Gasteiger partial charge in [0.25, 0.3) is 0 Å². The number of aromatic nitrogens is 2. The van der Waals surface area contributed by atoms with Crippen molar-refractivity contribution in [1.29, 1.82) is 5.26 Å². The van der Waals surface area contributed by atoms with Gasteiger partial charge in [0.1, 0.15) is 23.2 Å². The van der Waals surface area contributed by atoms with Crippen molar-refractivity contribution in [2.45, 2.75) is 0 Å². The fourth-order valence-corrected chi connectivity index (χ4v) is 1.68. The summed E-state index contributed by atoms with van der Waals surface area (Å²) in [6.07, 6.45) is 1.39. The molecule has 0 aliphatic carbocycles. The first kappa shape index (κ1) is 13.4. The molecule has 0 radical (unpaired) electrons. The van der Waals surface area contributed by atoms with Gasteiger partial charge in [0.05, 0.1) is 19.0 Å². The van der Waals surface area contributed by atoms with Crippen LogP contribution in [0.15, 0.2) is 30.5 Å². The maximum absolute atomic E-state index is 11.9. The van der Waals surface area contributed by atoms with Crippen molar-refractivity contribution < 1.29 is 9.53 Å². The van der Waals surface area contributed by atoms with E-state index in [1.54, 1.807) is 31.3 Å². The predicted octanol–water partition coefficient (Wildman–Crippen LogP) is 1.94. The van der Waals surface area contributed by atoms with Crippen LogP contribution in [0.3, 0.4) is 0 Å². The molecule has 2 N–H and O–H groups in total. The largest absolute Gasteiger partial charge is 0.495 e. The monoisotopic (exact) mass is 271 g/mol. The van der Waals surface area contributed by atoms with Crippen molar-refractivity contribution in [3.05, 3.63) is 36.0 Å². The Bertz CT molecular complexity index is 672. The van der Waals surface area contributed by atoms with E-state index in [1.165, 1.54) is 18.0 Å². The van der Waals surface area contributed by atoms with Crippen molar-refractivity contribution in [3.8, 4) is 11.8 Å². The highest BCUT2D eigenvalue weighted by Crippen LogP contribution is 2.23. The third-order valence-electron chi connectivity index (χ3n) is 2.65. The molecular weight excluding hydrogens is 258 g/mol. The van der Waals surface area contributed by atoms with E-state index >= 15 is 0 Å². The summed E-state index contributed by atoms with van der Waals surface area (Å²) in [6.45, 7) is 0. The number of nitrogens with one attached hydrogen (secondary N) is 2. The van der Waals surface area contributed by atoms with Crippen molar-refractivity contribution in [2.75, 3.05) is 17.7 Å². The van der Waals surface area contributed by atoms with E-state index < -0.39 is 6.03 Å². The number of benzene rings is 1. The first-order valence-electron chi connectivity index (χ1n) is 5.79. The summed E-state index contributed by atoms with van der Waals surface area (Å²) >= 11 is 0. The number of nitrogens with zero attached hydrogens (tertiary/aromatic N) is 3. The summed E-state index contributed by atoms with van der Waals surface area (Å²) in [5.74, 6) is 0.882. The molecule has 1 aromatic heterocycles. The van der Waals surface area contributed by atoms with E-state index in [9.17, 15) is 4.79 Å². The molecule has 2 rings (SSSR count). The van der Waals surface area contributed by atoms with Gasteiger partial charge in [-0.3, -0.25) is 10.00 Å². The predicted molar refractivity (Wildman–Crippen MR) is 73.6 cm³/mol. The molecule has 2 amide bonds. The van der Waals surface area contributed by atoms with Crippen LogP contribution in [-0.4, -0.2) is 22.9 Å². The highest BCUT2D eigenvalue weighted by Gasteiger charge is 2.12. The van der Waals surface area contributed by atoms with Crippen molar-refractivity contribution in [2.24, 2.45) is 7.05 Å². The summed E-state index contributed by atoms with van der Waals surface area (Å²) in [5, 5.41) is 18.1. The number of amides is 2. The maximum atomic E-state index is 11.9. The highest BCUT2D eigenvalue weighted by atomic mass is 16.5. The molecule has 0 aliphatic rings. The van der Waals surface area contributed by atoms with Crippen LogP contribution >= 0.6 is 0 Å². The SMILES string of the molecule is COc1ccccc1NC(=O)Nc1c(C#N)cnn1C. The molecule has 0 saturated carbocycles. The van der Waals surface area contributed by atoms with Gasteiger partial charge >= 0.3 is 6.03 Å². The molecule has 0 atom stereocenters. The lowest BCUT2D eigenvalue weighted by Crippen LogP contribution is -2.22. The van der Waals surface area contributed by atoms with Crippen LogP contribution in [0.25, 0.3) is 0 Å². The third-order valence-corrected chi connectivity index (χ3v) is 2.65. The minimum atomic E-state index is -0.477. The van der Waals surface area contributed by atoms with Gasteiger partial charge in [-0.1, -0.05) is 12.1 Å². The van der Waals surface area contributed by atoms with Crippen molar-refractivity contribution in [3.63, 3.8) is 0 Å². The zero-order chi connectivity index (χ0) is 14.5. The Morgan fingerprint density at radius 3 is 2.85 bits per heavy atom. The normalized spacial score (nSPS) is 9.65. The van der Waals surface area contributed by atoms with Gasteiger partial charge in [0.15, 0.2) is 0 Å². The quantitative estimate of drug-likeness (QED) is 0.892. The summed E-state index contributed by atoms with van der Waals surface area (Å²) in [4.78, 5) is 11.9. The Morgan fingerprint density at radius 2 is 2.15 bits per heavy atom. The molecule has 0 spiro atoms. The first-order chi connectivity index (χ1) is 9.65. The molecule has 0 unspecified atom stereocenters. The topological polar surface area (TPSA) is 92.0 Å². The van der Waals surface area contributed by atoms with Gasteiger partial charge in [0, 0.05) is 7.05 Å². The Labute approximate surface area is 115 Å². The van der Waals surface area contributed by atoms with Crippen molar-refractivity contribution >= 4 is 17.5 Å². The Kier molecular flexibility index (Phi) is 3.86. The number of hydrogen-bond donors (Lipinski definition) is 2. The van der Waals surface area contributed by atoms with Crippen molar-refractivity contribution in [1.82, 2.24) is 9.78 Å². The first-order valence-corrected chi connectivity index (χ1v) is 5.79. The van der Waals surface area contributed by atoms with Crippen LogP contribution in [0.1, 0.15) is 5.56 Å². The van der Waals surface area contributed by atoms with E-state index in [1.807, 2.05) is 6.07 Å². The second-order valence-electron chi connectivity index (χ2n) is 3.92. The summed E-state index contributed by atoms with van der Waals surface area (Å²) in [5.41, 5.74) is 0.829. The number of aryl methyl sites for hydroxylation is 1. The van der Waals surface area contributed by atoms with E-state index in [-0.39, 0.29) is 0 Å². The van der Waals surface area contributed by atoms with Gasteiger partial charge in [-0.25, -0.2) is 4.79 Å². The number of anilines is 2. The molecular formula is C13H13N5O2. The van der Waals surface area contributed by atoms with E-state index in [0.717, 1.165) is 0 Å². The number of rotatable bonds is 3. The van der Waals surface area contributed by atoms with Crippen LogP contribution < -0.4 is 15.4 Å². The van der Waals surface area contributed by atoms with Gasteiger partial charge in [0.2, 0.25) is 0 Å². The molecule has 1 aromatic carbocycles. The molecule has 7 nitrogen and oxygen atoms in total. The fraction of sp³-hybridized carbons (Fsp3) is 0.154. The second kappa shape index (κ2) is 5.75. The van der Waals surface area contributed by atoms with Crippen LogP contribution in [0.5, 0.6) is 5.75 Å². The average Bonchev–Trinajstić information content (AvgIpc) is 2.80. The van der Waals surface area contributed by atoms with Gasteiger partial charge in [-0.2, -0.15) is 10.4 Å². The lowest BCUT2D eigenvalue weighted by atomic mass is 10.3. The lowest BCUT2D eigenvalue weighted by molar-refractivity contribution is 0.262. The van der Waals surface area contributed by atoms with Crippen LogP contribution in [0, 0.1) is 11.3 Å². The number of para-hydroxylation sites is 2. The summed E-state index contributed by atoms with van der Waals surface area (Å²) in [7, 11) is 3.16. The van der Waals surface area contributed by atoms with Gasteiger partial charge in [-0.15, -0.1) is 0 Å². The summed E-state index contributed by atoms with van der Waals surface area (Å²) < 4.78 is 6.55. The maximum Gasteiger partial charge on any atom is 0.324 e. The average molecular weight is 271 g/mol. The third kappa shape index (κ3) is 2.70. The minimum absolute atomic E-state index is 0.294. The minimum Gasteiger partial charge on any atom is -0.495 e. The molecule has 0 fully saturated rings. The van der Waals surface area contributed by atoms with Crippen LogP contribution in [0.4, 0.5) is 16.3 Å². The number of nitriles is 1. The molecule has 0 aliphatic heterocycles. The fourth-order valence-electron chi connectivity index (χ4n) is 1.68. The zero-order valence-corrected chi connectivity index (χ0v) is 11.0. The number of methoxy groups -OCH3 is 1. The standard InChI is InChI=1S/C13H13N5O2/c1-18-12(9(7-14)8-15-18)17-13(19)16-10-5-3-4-6-11(10)20-2/h3-6,8H,1-2H3,(H2,16,17,19). The van der Waals surface area contributed by atoms with E-state index in [4.69, 9.17) is 10.00 Å². The number of hydrogen-bond acceptors (Lipinski definition) is 4. The Balaban J connectivity index is 2.14.